The molecule has 0 atom stereocenters. The van der Waals surface area contributed by atoms with Gasteiger partial charge in [0.15, 0.2) is 0 Å². The Morgan fingerprint density at radius 2 is 1.14 bits per heavy atom. The summed E-state index contributed by atoms with van der Waals surface area (Å²) in [7, 11) is 0. The van der Waals surface area contributed by atoms with Crippen molar-refractivity contribution >= 4 is 46.9 Å². The van der Waals surface area contributed by atoms with Gasteiger partial charge < -0.3 is 5.11 Å². The average Bonchev–Trinajstić information content (AvgIpc) is 3.54. The summed E-state index contributed by atoms with van der Waals surface area (Å²) in [4.78, 5) is 15.4. The van der Waals surface area contributed by atoms with Crippen molar-refractivity contribution in [2.24, 2.45) is 0 Å². The lowest BCUT2D eigenvalue weighted by atomic mass is 9.95. The van der Waals surface area contributed by atoms with E-state index < -0.39 is 5.97 Å². The molecule has 2 rings (SSSR count). The molecule has 0 amide bonds. The Kier molecular flexibility index (Phi) is 19.3. The number of carboxylic acids is 1. The maximum atomic E-state index is 11.8. The van der Waals surface area contributed by atoms with Gasteiger partial charge in [-0.05, 0) is 97.2 Å². The Bertz CT molecular complexity index is 1180. The van der Waals surface area contributed by atoms with Gasteiger partial charge in [-0.25, -0.2) is 4.79 Å². The Labute approximate surface area is 271 Å². The molecule has 238 valence electrons. The van der Waals surface area contributed by atoms with E-state index >= 15 is 0 Å². The van der Waals surface area contributed by atoms with Crippen LogP contribution in [-0.4, -0.2) is 11.1 Å². The van der Waals surface area contributed by atoms with Crippen LogP contribution in [0.15, 0.2) is 11.0 Å². The van der Waals surface area contributed by atoms with E-state index in [-0.39, 0.29) is 5.57 Å². The van der Waals surface area contributed by atoms with E-state index in [0.29, 0.717) is 0 Å². The SMILES string of the molecule is CCCCCCc1csc(/C=C/c2sc(/C=C(\C#N)C(=O)O)c(CCCCCC)c2CCCCCC)c1CCCCCC. The number of nitriles is 1. The molecular formula is C38H57NO2S2. The maximum absolute atomic E-state index is 11.8. The van der Waals surface area contributed by atoms with Gasteiger partial charge in [-0.1, -0.05) is 105 Å². The van der Waals surface area contributed by atoms with Crippen LogP contribution in [0.3, 0.4) is 0 Å². The van der Waals surface area contributed by atoms with Crippen molar-refractivity contribution in [3.8, 4) is 6.07 Å². The van der Waals surface area contributed by atoms with Crippen LogP contribution in [0.4, 0.5) is 0 Å². The molecule has 43 heavy (non-hydrogen) atoms. The Hall–Kier alpha value is -2.16. The zero-order valence-corrected chi connectivity index (χ0v) is 29.2. The molecule has 0 saturated carbocycles. The molecule has 3 nitrogen and oxygen atoms in total. The second-order valence-electron chi connectivity index (χ2n) is 11.9. The predicted molar refractivity (Wildman–Crippen MR) is 190 cm³/mol. The van der Waals surface area contributed by atoms with Crippen molar-refractivity contribution in [2.45, 2.75) is 156 Å². The fourth-order valence-corrected chi connectivity index (χ4v) is 8.06. The molecular weight excluding hydrogens is 567 g/mol. The average molecular weight is 624 g/mol. The summed E-state index contributed by atoms with van der Waals surface area (Å²) < 4.78 is 0. The number of carboxylic acid groups (broad SMARTS) is 1. The Morgan fingerprint density at radius 3 is 1.63 bits per heavy atom. The quantitative estimate of drug-likeness (QED) is 0.0719. The van der Waals surface area contributed by atoms with Crippen LogP contribution in [0.2, 0.25) is 0 Å². The van der Waals surface area contributed by atoms with Crippen LogP contribution < -0.4 is 0 Å². The third kappa shape index (κ3) is 13.2. The smallest absolute Gasteiger partial charge is 0.346 e. The van der Waals surface area contributed by atoms with Crippen LogP contribution >= 0.6 is 22.7 Å². The molecule has 0 radical (unpaired) electrons. The first kappa shape index (κ1) is 37.0. The lowest BCUT2D eigenvalue weighted by Gasteiger charge is -2.08. The van der Waals surface area contributed by atoms with Gasteiger partial charge in [0.1, 0.15) is 11.6 Å². The summed E-state index contributed by atoms with van der Waals surface area (Å²) in [6, 6.07) is 1.92. The highest BCUT2D eigenvalue weighted by molar-refractivity contribution is 7.14. The van der Waals surface area contributed by atoms with Gasteiger partial charge >= 0.3 is 5.97 Å². The van der Waals surface area contributed by atoms with E-state index in [2.05, 4.69) is 45.2 Å². The largest absolute Gasteiger partial charge is 0.477 e. The molecule has 1 N–H and O–H groups in total. The lowest BCUT2D eigenvalue weighted by Crippen LogP contribution is -1.99. The second-order valence-corrected chi connectivity index (χ2v) is 13.9. The number of thiophene rings is 2. The predicted octanol–water partition coefficient (Wildman–Crippen LogP) is 12.5. The van der Waals surface area contributed by atoms with Crippen molar-refractivity contribution < 1.29 is 9.90 Å². The summed E-state index contributed by atoms with van der Waals surface area (Å²) in [5, 5.41) is 21.6. The number of hydrogen-bond donors (Lipinski definition) is 1. The van der Waals surface area contributed by atoms with E-state index in [0.717, 1.165) is 37.0 Å². The number of aryl methyl sites for hydroxylation is 1. The molecule has 2 aromatic rings. The number of unbranched alkanes of at least 4 members (excludes halogenated alkanes) is 12. The highest BCUT2D eigenvalue weighted by Gasteiger charge is 2.18. The molecule has 0 bridgehead atoms. The molecule has 0 unspecified atom stereocenters. The van der Waals surface area contributed by atoms with Crippen molar-refractivity contribution in [2.75, 3.05) is 0 Å². The zero-order valence-electron chi connectivity index (χ0n) is 27.6. The summed E-state index contributed by atoms with van der Waals surface area (Å²) in [6.07, 6.45) is 30.3. The lowest BCUT2D eigenvalue weighted by molar-refractivity contribution is -0.132. The van der Waals surface area contributed by atoms with Crippen molar-refractivity contribution in [3.63, 3.8) is 0 Å². The van der Waals surface area contributed by atoms with E-state index in [1.54, 1.807) is 28.5 Å². The standard InChI is InChI=1S/C38H57NO2S2/c1-5-9-13-17-21-30-29-42-35(32(30)22-18-14-10-6-2)25-26-36-33(23-19-15-11-7-3)34(24-20-16-12-8-4)37(43-36)27-31(28-39)38(40)41/h25-27,29H,5-24H2,1-4H3,(H,40,41)/b26-25+,31-27+. The highest BCUT2D eigenvalue weighted by Crippen LogP contribution is 2.36. The van der Waals surface area contributed by atoms with Gasteiger partial charge in [-0.15, -0.1) is 22.7 Å². The molecule has 0 aromatic carbocycles. The van der Waals surface area contributed by atoms with Gasteiger partial charge in [-0.3, -0.25) is 0 Å². The van der Waals surface area contributed by atoms with Gasteiger partial charge in [-0.2, -0.15) is 5.26 Å². The van der Waals surface area contributed by atoms with Crippen LogP contribution in [0.25, 0.3) is 18.2 Å². The summed E-state index contributed by atoms with van der Waals surface area (Å²) in [5.41, 5.74) is 5.57. The van der Waals surface area contributed by atoms with Crippen LogP contribution in [-0.2, 0) is 30.5 Å². The van der Waals surface area contributed by atoms with Crippen molar-refractivity contribution in [1.82, 2.24) is 0 Å². The van der Waals surface area contributed by atoms with E-state index in [4.69, 9.17) is 0 Å². The molecule has 0 aliphatic rings. The molecule has 0 aliphatic carbocycles. The molecule has 2 heterocycles. The van der Waals surface area contributed by atoms with Gasteiger partial charge in [0, 0.05) is 14.6 Å². The van der Waals surface area contributed by atoms with Gasteiger partial charge in [0.05, 0.1) is 0 Å². The van der Waals surface area contributed by atoms with Crippen molar-refractivity contribution in [1.29, 1.82) is 5.26 Å². The number of rotatable bonds is 24. The first-order chi connectivity index (χ1) is 21.0. The fourth-order valence-electron chi connectivity index (χ4n) is 5.76. The van der Waals surface area contributed by atoms with Gasteiger partial charge in [0.25, 0.3) is 0 Å². The van der Waals surface area contributed by atoms with E-state index in [9.17, 15) is 15.2 Å². The summed E-state index contributed by atoms with van der Waals surface area (Å²) in [6.45, 7) is 9.02. The molecule has 0 aliphatic heterocycles. The summed E-state index contributed by atoms with van der Waals surface area (Å²) in [5.74, 6) is -1.15. The topological polar surface area (TPSA) is 61.1 Å². The molecule has 0 spiro atoms. The van der Waals surface area contributed by atoms with Crippen molar-refractivity contribution in [3.05, 3.63) is 47.8 Å². The summed E-state index contributed by atoms with van der Waals surface area (Å²) >= 11 is 3.56. The third-order valence-corrected chi connectivity index (χ3v) is 10.6. The first-order valence-corrected chi connectivity index (χ1v) is 19.0. The third-order valence-electron chi connectivity index (χ3n) is 8.35. The molecule has 2 aromatic heterocycles. The molecule has 5 heteroatoms. The fraction of sp³-hybridized carbons (Fsp3) is 0.632. The minimum Gasteiger partial charge on any atom is -0.477 e. The Morgan fingerprint density at radius 1 is 0.674 bits per heavy atom. The second kappa shape index (κ2) is 22.4. The van der Waals surface area contributed by atoms with Crippen LogP contribution in [0, 0.1) is 11.3 Å². The van der Waals surface area contributed by atoms with Crippen LogP contribution in [0.1, 0.15) is 167 Å². The van der Waals surface area contributed by atoms with Gasteiger partial charge in [0.2, 0.25) is 0 Å². The number of nitrogens with zero attached hydrogens (tertiary/aromatic N) is 1. The minimum atomic E-state index is -1.15. The number of hydrogen-bond acceptors (Lipinski definition) is 4. The van der Waals surface area contributed by atoms with Crippen LogP contribution in [0.5, 0.6) is 0 Å². The zero-order chi connectivity index (χ0) is 31.3. The maximum Gasteiger partial charge on any atom is 0.346 e. The normalized spacial score (nSPS) is 11.9. The number of aliphatic carboxylic acids is 1. The molecule has 0 saturated heterocycles. The monoisotopic (exact) mass is 623 g/mol. The van der Waals surface area contributed by atoms with E-state index in [1.807, 2.05) is 17.4 Å². The molecule has 0 fully saturated rings. The van der Waals surface area contributed by atoms with E-state index in [1.165, 1.54) is 117 Å². The minimum absolute atomic E-state index is 0.176. The highest BCUT2D eigenvalue weighted by atomic mass is 32.1. The first-order valence-electron chi connectivity index (χ1n) is 17.3. The number of carbonyl (C=O) groups is 1. The Balaban J connectivity index is 2.50.